The topological polar surface area (TPSA) is 57.6 Å². The van der Waals surface area contributed by atoms with Crippen molar-refractivity contribution in [3.05, 3.63) is 29.6 Å². The number of sulfonamides is 1. The second-order valence-corrected chi connectivity index (χ2v) is 7.39. The van der Waals surface area contributed by atoms with Gasteiger partial charge in [-0.3, -0.25) is 0 Å². The van der Waals surface area contributed by atoms with Crippen LogP contribution < -0.4 is 0 Å². The Morgan fingerprint density at radius 3 is 2.35 bits per heavy atom. The highest BCUT2D eigenvalue weighted by Gasteiger charge is 2.28. The molecule has 1 unspecified atom stereocenters. The van der Waals surface area contributed by atoms with E-state index < -0.39 is 15.8 Å². The number of halogens is 1. The van der Waals surface area contributed by atoms with Crippen LogP contribution in [-0.4, -0.2) is 30.9 Å². The zero-order valence-corrected chi connectivity index (χ0v) is 13.1. The molecule has 0 aliphatic carbocycles. The standard InChI is InChI=1S/C14H22FNO3S/c1-10(2)7-11(3)16(4)20(18,19)14-6-5-12(9-17)8-13(14)15/h5-6,8,10-11,17H,7,9H2,1-4H3. The SMILES string of the molecule is CC(C)CC(C)N(C)S(=O)(=O)c1ccc(CO)cc1F. The lowest BCUT2D eigenvalue weighted by atomic mass is 10.1. The highest BCUT2D eigenvalue weighted by molar-refractivity contribution is 7.89. The number of rotatable bonds is 6. The summed E-state index contributed by atoms with van der Waals surface area (Å²) < 4.78 is 39.9. The zero-order valence-electron chi connectivity index (χ0n) is 12.3. The van der Waals surface area contributed by atoms with E-state index in [1.165, 1.54) is 23.5 Å². The Hall–Kier alpha value is -0.980. The van der Waals surface area contributed by atoms with Crippen molar-refractivity contribution >= 4 is 10.0 Å². The molecule has 0 heterocycles. The molecule has 6 heteroatoms. The molecular weight excluding hydrogens is 281 g/mol. The fourth-order valence-electron chi connectivity index (χ4n) is 2.07. The first kappa shape index (κ1) is 17.1. The van der Waals surface area contributed by atoms with Gasteiger partial charge < -0.3 is 5.11 Å². The Morgan fingerprint density at radius 2 is 1.90 bits per heavy atom. The molecule has 0 radical (unpaired) electrons. The van der Waals surface area contributed by atoms with Gasteiger partial charge in [-0.05, 0) is 37.0 Å². The maximum atomic E-state index is 13.9. The number of nitrogens with zero attached hydrogens (tertiary/aromatic N) is 1. The van der Waals surface area contributed by atoms with Crippen LogP contribution in [0.25, 0.3) is 0 Å². The van der Waals surface area contributed by atoms with Gasteiger partial charge in [0.25, 0.3) is 0 Å². The summed E-state index contributed by atoms with van der Waals surface area (Å²) in [6.45, 7) is 5.50. The summed E-state index contributed by atoms with van der Waals surface area (Å²) in [5.74, 6) is -0.482. The lowest BCUT2D eigenvalue weighted by Gasteiger charge is -2.25. The predicted molar refractivity (Wildman–Crippen MR) is 76.2 cm³/mol. The molecule has 0 aliphatic heterocycles. The maximum absolute atomic E-state index is 13.9. The van der Waals surface area contributed by atoms with E-state index in [-0.39, 0.29) is 17.5 Å². The second kappa shape index (κ2) is 6.65. The third-order valence-corrected chi connectivity index (χ3v) is 5.27. The number of aliphatic hydroxyl groups excluding tert-OH is 1. The average Bonchev–Trinajstić information content (AvgIpc) is 2.36. The predicted octanol–water partition coefficient (Wildman–Crippen LogP) is 2.37. The molecule has 0 saturated heterocycles. The Labute approximate surface area is 120 Å². The molecule has 0 amide bonds. The molecule has 114 valence electrons. The highest BCUT2D eigenvalue weighted by Crippen LogP contribution is 2.23. The summed E-state index contributed by atoms with van der Waals surface area (Å²) in [5.41, 5.74) is 0.347. The molecule has 0 saturated carbocycles. The van der Waals surface area contributed by atoms with E-state index in [2.05, 4.69) is 0 Å². The molecule has 0 fully saturated rings. The van der Waals surface area contributed by atoms with Crippen LogP contribution >= 0.6 is 0 Å². The van der Waals surface area contributed by atoms with Crippen LogP contribution in [0, 0.1) is 11.7 Å². The summed E-state index contributed by atoms with van der Waals surface area (Å²) >= 11 is 0. The lowest BCUT2D eigenvalue weighted by molar-refractivity contribution is 0.281. The fraction of sp³-hybridized carbons (Fsp3) is 0.571. The number of hydrogen-bond acceptors (Lipinski definition) is 3. The largest absolute Gasteiger partial charge is 0.392 e. The third-order valence-electron chi connectivity index (χ3n) is 3.27. The molecule has 0 aliphatic rings. The monoisotopic (exact) mass is 303 g/mol. The first-order chi connectivity index (χ1) is 9.20. The van der Waals surface area contributed by atoms with E-state index in [0.29, 0.717) is 17.9 Å². The maximum Gasteiger partial charge on any atom is 0.245 e. The minimum atomic E-state index is -3.86. The second-order valence-electron chi connectivity index (χ2n) is 5.42. The van der Waals surface area contributed by atoms with Gasteiger partial charge in [0, 0.05) is 13.1 Å². The van der Waals surface area contributed by atoms with E-state index in [1.54, 1.807) is 6.92 Å². The van der Waals surface area contributed by atoms with Gasteiger partial charge in [-0.1, -0.05) is 19.9 Å². The Morgan fingerprint density at radius 1 is 1.30 bits per heavy atom. The molecular formula is C14H22FNO3S. The molecule has 1 atom stereocenters. The van der Waals surface area contributed by atoms with E-state index in [9.17, 15) is 12.8 Å². The third kappa shape index (κ3) is 3.77. The van der Waals surface area contributed by atoms with Gasteiger partial charge in [0.05, 0.1) is 6.61 Å². The number of aliphatic hydroxyl groups is 1. The first-order valence-corrected chi connectivity index (χ1v) is 8.01. The van der Waals surface area contributed by atoms with Gasteiger partial charge >= 0.3 is 0 Å². The van der Waals surface area contributed by atoms with Crippen molar-refractivity contribution in [1.29, 1.82) is 0 Å². The molecule has 1 aromatic rings. The van der Waals surface area contributed by atoms with Crippen molar-refractivity contribution in [2.75, 3.05) is 7.05 Å². The number of hydrogen-bond donors (Lipinski definition) is 1. The van der Waals surface area contributed by atoms with Crippen molar-refractivity contribution in [2.45, 2.75) is 44.7 Å². The molecule has 1 N–H and O–H groups in total. The van der Waals surface area contributed by atoms with Gasteiger partial charge in [0.2, 0.25) is 10.0 Å². The quantitative estimate of drug-likeness (QED) is 0.878. The van der Waals surface area contributed by atoms with Gasteiger partial charge in [0.15, 0.2) is 0 Å². The van der Waals surface area contributed by atoms with E-state index in [0.717, 1.165) is 6.07 Å². The van der Waals surface area contributed by atoms with Crippen LogP contribution in [0.3, 0.4) is 0 Å². The molecule has 4 nitrogen and oxygen atoms in total. The summed E-state index contributed by atoms with van der Waals surface area (Å²) in [6, 6.07) is 3.46. The van der Waals surface area contributed by atoms with Crippen molar-refractivity contribution in [3.8, 4) is 0 Å². The van der Waals surface area contributed by atoms with Crippen molar-refractivity contribution in [2.24, 2.45) is 5.92 Å². The molecule has 1 aromatic carbocycles. The van der Waals surface area contributed by atoms with E-state index in [1.807, 2.05) is 13.8 Å². The minimum absolute atomic E-state index is 0.211. The minimum Gasteiger partial charge on any atom is -0.392 e. The average molecular weight is 303 g/mol. The van der Waals surface area contributed by atoms with E-state index >= 15 is 0 Å². The van der Waals surface area contributed by atoms with Crippen molar-refractivity contribution < 1.29 is 17.9 Å². The molecule has 20 heavy (non-hydrogen) atoms. The Balaban J connectivity index is 3.10. The van der Waals surface area contributed by atoms with Gasteiger partial charge in [0.1, 0.15) is 10.7 Å². The molecule has 0 aromatic heterocycles. The summed E-state index contributed by atoms with van der Waals surface area (Å²) in [5, 5.41) is 8.93. The van der Waals surface area contributed by atoms with Crippen molar-refractivity contribution in [3.63, 3.8) is 0 Å². The summed E-state index contributed by atoms with van der Waals surface area (Å²) in [4.78, 5) is -0.354. The van der Waals surface area contributed by atoms with Crippen molar-refractivity contribution in [1.82, 2.24) is 4.31 Å². The zero-order chi connectivity index (χ0) is 15.5. The summed E-state index contributed by atoms with van der Waals surface area (Å²) in [7, 11) is -2.40. The van der Waals surface area contributed by atoms with Crippen LogP contribution in [0.2, 0.25) is 0 Å². The Bertz CT molecular complexity index is 558. The molecule has 0 bridgehead atoms. The first-order valence-electron chi connectivity index (χ1n) is 6.57. The Kier molecular flexibility index (Phi) is 5.68. The normalized spacial score (nSPS) is 14.0. The van der Waals surface area contributed by atoms with Crippen LogP contribution in [0.15, 0.2) is 23.1 Å². The van der Waals surface area contributed by atoms with Crippen LogP contribution in [0.5, 0.6) is 0 Å². The van der Waals surface area contributed by atoms with Crippen LogP contribution in [-0.2, 0) is 16.6 Å². The molecule has 1 rings (SSSR count). The van der Waals surface area contributed by atoms with Gasteiger partial charge in [-0.2, -0.15) is 4.31 Å². The van der Waals surface area contributed by atoms with Gasteiger partial charge in [-0.25, -0.2) is 12.8 Å². The van der Waals surface area contributed by atoms with Crippen LogP contribution in [0.4, 0.5) is 4.39 Å². The molecule has 0 spiro atoms. The van der Waals surface area contributed by atoms with Crippen LogP contribution in [0.1, 0.15) is 32.8 Å². The highest BCUT2D eigenvalue weighted by atomic mass is 32.2. The fourth-order valence-corrected chi connectivity index (χ4v) is 3.49. The smallest absolute Gasteiger partial charge is 0.245 e. The summed E-state index contributed by atoms with van der Waals surface area (Å²) in [6.07, 6.45) is 0.700. The number of benzene rings is 1. The van der Waals surface area contributed by atoms with E-state index in [4.69, 9.17) is 5.11 Å². The van der Waals surface area contributed by atoms with Gasteiger partial charge in [-0.15, -0.1) is 0 Å². The lowest BCUT2D eigenvalue weighted by Crippen LogP contribution is -2.36.